The van der Waals surface area contributed by atoms with Crippen LogP contribution < -0.4 is 19.9 Å². The van der Waals surface area contributed by atoms with E-state index in [9.17, 15) is 9.90 Å². The highest BCUT2D eigenvalue weighted by atomic mass is 16.5. The third kappa shape index (κ3) is 7.42. The molecule has 4 N–H and O–H groups in total. The van der Waals surface area contributed by atoms with Crippen LogP contribution in [-0.2, 0) is 4.79 Å². The van der Waals surface area contributed by atoms with Crippen LogP contribution in [0, 0.1) is 0 Å². The molecule has 0 fully saturated rings. The predicted molar refractivity (Wildman–Crippen MR) is 95.4 cm³/mol. The van der Waals surface area contributed by atoms with E-state index in [1.165, 1.54) is 0 Å². The molecule has 0 radical (unpaired) electrons. The van der Waals surface area contributed by atoms with Crippen molar-refractivity contribution in [2.75, 3.05) is 19.8 Å². The molecule has 1 atom stereocenters. The summed E-state index contributed by atoms with van der Waals surface area (Å²) in [7, 11) is 0. The van der Waals surface area contributed by atoms with Crippen LogP contribution in [-0.4, -0.2) is 41.7 Å². The second-order valence-electron chi connectivity index (χ2n) is 5.81. The number of carbonyl (C=O) groups is 1. The van der Waals surface area contributed by atoms with Gasteiger partial charge in [0.1, 0.15) is 29.6 Å². The molecule has 0 saturated carbocycles. The number of para-hydroxylation sites is 1. The van der Waals surface area contributed by atoms with Crippen LogP contribution in [0.25, 0.3) is 0 Å². The van der Waals surface area contributed by atoms with Gasteiger partial charge in [0.15, 0.2) is 6.61 Å². The summed E-state index contributed by atoms with van der Waals surface area (Å²) in [5, 5.41) is 18.7. The number of aliphatic carboxylic acids is 1. The molecule has 0 aliphatic heterocycles. The molecule has 0 bridgehead atoms. The van der Waals surface area contributed by atoms with Crippen LogP contribution >= 0.6 is 0 Å². The van der Waals surface area contributed by atoms with Gasteiger partial charge in [0, 0.05) is 0 Å². The van der Waals surface area contributed by atoms with Crippen LogP contribution in [0.15, 0.2) is 54.6 Å². The zero-order chi connectivity index (χ0) is 18.8. The van der Waals surface area contributed by atoms with Gasteiger partial charge in [-0.05, 0) is 49.2 Å². The van der Waals surface area contributed by atoms with Gasteiger partial charge in [-0.1, -0.05) is 18.2 Å². The number of benzene rings is 2. The number of aliphatic hydroxyl groups is 1. The molecule has 2 aromatic rings. The lowest BCUT2D eigenvalue weighted by Crippen LogP contribution is -2.45. The maximum Gasteiger partial charge on any atom is 0.341 e. The summed E-state index contributed by atoms with van der Waals surface area (Å²) in [5.74, 6) is 0.641. The van der Waals surface area contributed by atoms with Crippen LogP contribution in [0.4, 0.5) is 0 Å². The average Bonchev–Trinajstić information content (AvgIpc) is 2.64. The smallest absolute Gasteiger partial charge is 0.341 e. The molecule has 0 spiro atoms. The van der Waals surface area contributed by atoms with E-state index in [2.05, 4.69) is 0 Å². The van der Waals surface area contributed by atoms with Gasteiger partial charge < -0.3 is 30.2 Å². The van der Waals surface area contributed by atoms with Gasteiger partial charge in [-0.15, -0.1) is 0 Å². The lowest BCUT2D eigenvalue weighted by Gasteiger charge is -2.23. The van der Waals surface area contributed by atoms with E-state index in [0.29, 0.717) is 30.9 Å². The highest BCUT2D eigenvalue weighted by molar-refractivity contribution is 5.68. The number of nitrogens with two attached hydrogens (primary N) is 1. The predicted octanol–water partition coefficient (Wildman–Crippen LogP) is 2.04. The highest BCUT2D eigenvalue weighted by Gasteiger charge is 2.21. The fourth-order valence-corrected chi connectivity index (χ4v) is 2.14. The lowest BCUT2D eigenvalue weighted by molar-refractivity contribution is -0.139. The molecule has 0 aliphatic carbocycles. The van der Waals surface area contributed by atoms with Gasteiger partial charge in [-0.2, -0.15) is 0 Å². The molecule has 7 heteroatoms. The minimum atomic E-state index is -1.47. The van der Waals surface area contributed by atoms with E-state index in [0.717, 1.165) is 5.75 Å². The second kappa shape index (κ2) is 9.65. The van der Waals surface area contributed by atoms with Crippen LogP contribution in [0.2, 0.25) is 0 Å². The Bertz CT molecular complexity index is 672. The molecule has 0 heterocycles. The van der Waals surface area contributed by atoms with Crippen molar-refractivity contribution in [3.05, 3.63) is 54.6 Å². The number of rotatable bonds is 11. The van der Waals surface area contributed by atoms with E-state index < -0.39 is 18.3 Å². The summed E-state index contributed by atoms with van der Waals surface area (Å²) in [6.45, 7) is -0.0411. The largest absolute Gasteiger partial charge is 0.494 e. The highest BCUT2D eigenvalue weighted by Crippen LogP contribution is 2.19. The SMILES string of the molecule is N[C@](O)(CCCOc1ccccc1)COc1ccc(OCC(=O)O)cc1. The maximum atomic E-state index is 10.4. The first-order chi connectivity index (χ1) is 12.4. The van der Waals surface area contributed by atoms with Crippen LogP contribution in [0.1, 0.15) is 12.8 Å². The molecule has 0 unspecified atom stereocenters. The van der Waals surface area contributed by atoms with Gasteiger partial charge in [-0.3, -0.25) is 0 Å². The molecule has 140 valence electrons. The second-order valence-corrected chi connectivity index (χ2v) is 5.81. The molecule has 0 saturated heterocycles. The van der Waals surface area contributed by atoms with E-state index in [-0.39, 0.29) is 6.61 Å². The maximum absolute atomic E-state index is 10.4. The summed E-state index contributed by atoms with van der Waals surface area (Å²) in [6.07, 6.45) is 0.896. The van der Waals surface area contributed by atoms with E-state index in [1.807, 2.05) is 30.3 Å². The molecule has 0 aromatic heterocycles. The molecule has 7 nitrogen and oxygen atoms in total. The molecule has 2 rings (SSSR count). The standard InChI is InChI=1S/C19H23NO6/c20-19(23,11-4-12-24-15-5-2-1-3-6-15)14-26-17-9-7-16(8-10-17)25-13-18(21)22/h1-3,5-10,23H,4,11-14,20H2,(H,21,22)/t19-/m0/s1. The summed E-state index contributed by atoms with van der Waals surface area (Å²) < 4.78 is 16.1. The quantitative estimate of drug-likeness (QED) is 0.415. The minimum absolute atomic E-state index is 0.0757. The molecule has 0 amide bonds. The van der Waals surface area contributed by atoms with Crippen molar-refractivity contribution in [3.8, 4) is 17.2 Å². The Morgan fingerprint density at radius 2 is 1.50 bits per heavy atom. The van der Waals surface area contributed by atoms with Gasteiger partial charge in [0.25, 0.3) is 0 Å². The first kappa shape index (κ1) is 19.6. The van der Waals surface area contributed by atoms with E-state index in [4.69, 9.17) is 25.1 Å². The lowest BCUT2D eigenvalue weighted by atomic mass is 10.1. The summed E-state index contributed by atoms with van der Waals surface area (Å²) >= 11 is 0. The van der Waals surface area contributed by atoms with Gasteiger partial charge in [0.2, 0.25) is 0 Å². The number of hydrogen-bond acceptors (Lipinski definition) is 6. The van der Waals surface area contributed by atoms with Gasteiger partial charge in [0.05, 0.1) is 6.61 Å². The Hall–Kier alpha value is -2.77. The Kier molecular flexibility index (Phi) is 7.25. The normalized spacial score (nSPS) is 12.8. The van der Waals surface area contributed by atoms with Crippen molar-refractivity contribution < 1.29 is 29.2 Å². The van der Waals surface area contributed by atoms with E-state index in [1.54, 1.807) is 24.3 Å². The topological polar surface area (TPSA) is 111 Å². The monoisotopic (exact) mass is 361 g/mol. The fraction of sp³-hybridized carbons (Fsp3) is 0.316. The summed E-state index contributed by atoms with van der Waals surface area (Å²) in [4.78, 5) is 10.4. The number of carboxylic acid groups (broad SMARTS) is 1. The third-order valence-corrected chi connectivity index (χ3v) is 3.44. The zero-order valence-corrected chi connectivity index (χ0v) is 14.3. The zero-order valence-electron chi connectivity index (χ0n) is 14.3. The Labute approximate surface area is 151 Å². The summed E-state index contributed by atoms with van der Waals surface area (Å²) in [6, 6.07) is 15.8. The Balaban J connectivity index is 1.68. The Morgan fingerprint density at radius 1 is 0.923 bits per heavy atom. The van der Waals surface area contributed by atoms with Gasteiger partial charge in [-0.25, -0.2) is 4.79 Å². The van der Waals surface area contributed by atoms with Crippen molar-refractivity contribution in [1.29, 1.82) is 0 Å². The molecular formula is C19H23NO6. The molecule has 0 aliphatic rings. The number of hydrogen-bond donors (Lipinski definition) is 3. The van der Waals surface area contributed by atoms with E-state index >= 15 is 0 Å². The van der Waals surface area contributed by atoms with Crippen molar-refractivity contribution in [2.24, 2.45) is 5.73 Å². The molecule has 26 heavy (non-hydrogen) atoms. The number of carboxylic acids is 1. The third-order valence-electron chi connectivity index (χ3n) is 3.44. The molecule has 2 aromatic carbocycles. The molecular weight excluding hydrogens is 338 g/mol. The average molecular weight is 361 g/mol. The van der Waals surface area contributed by atoms with Crippen molar-refractivity contribution in [2.45, 2.75) is 18.6 Å². The minimum Gasteiger partial charge on any atom is -0.494 e. The first-order valence-corrected chi connectivity index (χ1v) is 8.21. The number of ether oxygens (including phenoxy) is 3. The Morgan fingerprint density at radius 3 is 2.12 bits per heavy atom. The van der Waals surface area contributed by atoms with Crippen LogP contribution in [0.3, 0.4) is 0 Å². The van der Waals surface area contributed by atoms with Gasteiger partial charge >= 0.3 is 5.97 Å². The van der Waals surface area contributed by atoms with Crippen molar-refractivity contribution in [1.82, 2.24) is 0 Å². The van der Waals surface area contributed by atoms with Crippen molar-refractivity contribution in [3.63, 3.8) is 0 Å². The van der Waals surface area contributed by atoms with Crippen LogP contribution in [0.5, 0.6) is 17.2 Å². The summed E-state index contributed by atoms with van der Waals surface area (Å²) in [5.41, 5.74) is 4.37. The first-order valence-electron chi connectivity index (χ1n) is 8.21. The fourth-order valence-electron chi connectivity index (χ4n) is 2.14. The van der Waals surface area contributed by atoms with Crippen molar-refractivity contribution >= 4 is 5.97 Å².